The van der Waals surface area contributed by atoms with Crippen molar-refractivity contribution in [2.75, 3.05) is 7.11 Å². The monoisotopic (exact) mass is 303 g/mol. The summed E-state index contributed by atoms with van der Waals surface area (Å²) >= 11 is 9.68. The second-order valence-electron chi connectivity index (χ2n) is 4.41. The van der Waals surface area contributed by atoms with Crippen molar-refractivity contribution in [3.05, 3.63) is 27.2 Å². The third kappa shape index (κ3) is 1.85. The van der Waals surface area contributed by atoms with Crippen molar-refractivity contribution in [1.29, 1.82) is 0 Å². The van der Waals surface area contributed by atoms with Gasteiger partial charge in [-0.3, -0.25) is 0 Å². The molecule has 1 saturated carbocycles. The molecule has 0 spiro atoms. The van der Waals surface area contributed by atoms with Gasteiger partial charge in [-0.05, 0) is 53.4 Å². The molecule has 0 aliphatic heterocycles. The Bertz CT molecular complexity index is 416. The second-order valence-corrected chi connectivity index (χ2v) is 5.64. The lowest BCUT2D eigenvalue weighted by Gasteiger charge is -2.23. The summed E-state index contributed by atoms with van der Waals surface area (Å²) in [6.07, 6.45) is 2.24. The highest BCUT2D eigenvalue weighted by Gasteiger charge is 2.49. The Morgan fingerprint density at radius 1 is 1.50 bits per heavy atom. The molecule has 1 aliphatic carbocycles. The highest BCUT2D eigenvalue weighted by atomic mass is 79.9. The van der Waals surface area contributed by atoms with E-state index in [0.717, 1.165) is 23.1 Å². The molecule has 4 heteroatoms. The number of methoxy groups -OCH3 is 1. The van der Waals surface area contributed by atoms with E-state index in [4.69, 9.17) is 22.1 Å². The van der Waals surface area contributed by atoms with E-state index in [0.29, 0.717) is 5.02 Å². The summed E-state index contributed by atoms with van der Waals surface area (Å²) in [6.45, 7) is 2.05. The molecule has 0 amide bonds. The van der Waals surface area contributed by atoms with E-state index >= 15 is 0 Å². The first kappa shape index (κ1) is 12.2. The third-order valence-electron chi connectivity index (χ3n) is 3.42. The fourth-order valence-electron chi connectivity index (χ4n) is 2.18. The number of halogens is 2. The van der Waals surface area contributed by atoms with Gasteiger partial charge in [0.2, 0.25) is 0 Å². The maximum Gasteiger partial charge on any atom is 0.134 e. The summed E-state index contributed by atoms with van der Waals surface area (Å²) in [6, 6.07) is 3.93. The molecule has 1 fully saturated rings. The molecule has 1 aliphatic rings. The van der Waals surface area contributed by atoms with Gasteiger partial charge in [0.05, 0.1) is 11.6 Å². The van der Waals surface area contributed by atoms with E-state index in [2.05, 4.69) is 15.9 Å². The van der Waals surface area contributed by atoms with Crippen molar-refractivity contribution in [2.45, 2.75) is 31.2 Å². The summed E-state index contributed by atoms with van der Waals surface area (Å²) in [4.78, 5) is 0. The van der Waals surface area contributed by atoms with Crippen molar-refractivity contribution in [3.8, 4) is 5.75 Å². The minimum atomic E-state index is 0.0804. The lowest BCUT2D eigenvalue weighted by Crippen LogP contribution is -2.31. The summed E-state index contributed by atoms with van der Waals surface area (Å²) < 4.78 is 6.28. The fourth-order valence-corrected chi connectivity index (χ4v) is 3.17. The Morgan fingerprint density at radius 3 is 2.56 bits per heavy atom. The molecule has 2 N–H and O–H groups in total. The topological polar surface area (TPSA) is 35.2 Å². The van der Waals surface area contributed by atoms with E-state index in [1.807, 2.05) is 19.1 Å². The average molecular weight is 305 g/mol. The van der Waals surface area contributed by atoms with Crippen LogP contribution in [-0.2, 0) is 5.41 Å². The number of hydrogen-bond donors (Lipinski definition) is 1. The van der Waals surface area contributed by atoms with Crippen LogP contribution in [0.3, 0.4) is 0 Å². The quantitative estimate of drug-likeness (QED) is 0.928. The van der Waals surface area contributed by atoms with Crippen molar-refractivity contribution in [2.24, 2.45) is 5.73 Å². The zero-order chi connectivity index (χ0) is 11.9. The fraction of sp³-hybridized carbons (Fsp3) is 0.500. The van der Waals surface area contributed by atoms with Crippen LogP contribution in [0, 0.1) is 0 Å². The predicted molar refractivity (Wildman–Crippen MR) is 70.3 cm³/mol. The first-order valence-electron chi connectivity index (χ1n) is 5.30. The van der Waals surface area contributed by atoms with Crippen LogP contribution < -0.4 is 10.5 Å². The minimum absolute atomic E-state index is 0.0804. The maximum absolute atomic E-state index is 6.10. The normalized spacial score (nSPS) is 19.3. The molecule has 2 nitrogen and oxygen atoms in total. The third-order valence-corrected chi connectivity index (χ3v) is 4.46. The van der Waals surface area contributed by atoms with Crippen LogP contribution in [0.2, 0.25) is 5.02 Å². The Balaban J connectivity index is 2.53. The smallest absolute Gasteiger partial charge is 0.134 e. The predicted octanol–water partition coefficient (Wildman–Crippen LogP) is 3.49. The summed E-state index contributed by atoms with van der Waals surface area (Å²) in [5.41, 5.74) is 7.32. The van der Waals surface area contributed by atoms with Gasteiger partial charge in [0.15, 0.2) is 0 Å². The van der Waals surface area contributed by atoms with Crippen LogP contribution in [0.1, 0.15) is 25.3 Å². The van der Waals surface area contributed by atoms with Gasteiger partial charge in [-0.25, -0.2) is 0 Å². The Hall–Kier alpha value is -0.250. The molecule has 1 aromatic rings. The number of rotatable bonds is 3. The lowest BCUT2D eigenvalue weighted by molar-refractivity contribution is 0.410. The van der Waals surface area contributed by atoms with E-state index < -0.39 is 0 Å². The number of ether oxygens (including phenoxy) is 1. The molecular formula is C12H15BrClNO. The van der Waals surface area contributed by atoms with Crippen LogP contribution in [0.25, 0.3) is 0 Å². The molecule has 0 bridgehead atoms. The van der Waals surface area contributed by atoms with Gasteiger partial charge in [-0.2, -0.15) is 0 Å². The van der Waals surface area contributed by atoms with Crippen molar-refractivity contribution >= 4 is 27.5 Å². The van der Waals surface area contributed by atoms with Gasteiger partial charge in [0.25, 0.3) is 0 Å². The zero-order valence-corrected chi connectivity index (χ0v) is 11.7. The number of nitrogens with two attached hydrogens (primary N) is 1. The first-order chi connectivity index (χ1) is 7.51. The lowest BCUT2D eigenvalue weighted by atomic mass is 9.89. The largest absolute Gasteiger partial charge is 0.496 e. The Labute approximate surface area is 109 Å². The zero-order valence-electron chi connectivity index (χ0n) is 9.39. The maximum atomic E-state index is 6.10. The van der Waals surface area contributed by atoms with Gasteiger partial charge in [0.1, 0.15) is 5.75 Å². The van der Waals surface area contributed by atoms with Gasteiger partial charge in [-0.1, -0.05) is 11.6 Å². The van der Waals surface area contributed by atoms with E-state index in [-0.39, 0.29) is 11.5 Å². The molecule has 0 radical (unpaired) electrons. The molecule has 2 rings (SSSR count). The minimum Gasteiger partial charge on any atom is -0.496 e. The summed E-state index contributed by atoms with van der Waals surface area (Å²) in [5.74, 6) is 0.773. The Kier molecular flexibility index (Phi) is 3.21. The van der Waals surface area contributed by atoms with Crippen LogP contribution >= 0.6 is 27.5 Å². The standard InChI is InChI=1S/C12H15BrClNO/c1-7(15)12(3-4-12)9-5-8(14)6-10(16-2)11(9)13/h5-7H,3-4,15H2,1-2H3. The van der Waals surface area contributed by atoms with Gasteiger partial charge in [-0.15, -0.1) is 0 Å². The summed E-state index contributed by atoms with van der Waals surface area (Å²) in [5, 5.41) is 0.696. The average Bonchev–Trinajstić information content (AvgIpc) is 3.02. The first-order valence-corrected chi connectivity index (χ1v) is 6.47. The molecule has 0 saturated heterocycles. The van der Waals surface area contributed by atoms with E-state index in [9.17, 15) is 0 Å². The van der Waals surface area contributed by atoms with Crippen molar-refractivity contribution in [3.63, 3.8) is 0 Å². The van der Waals surface area contributed by atoms with Crippen molar-refractivity contribution in [1.82, 2.24) is 0 Å². The highest BCUT2D eigenvalue weighted by Crippen LogP contribution is 2.54. The number of benzene rings is 1. The summed E-state index contributed by atoms with van der Waals surface area (Å²) in [7, 11) is 1.64. The van der Waals surface area contributed by atoms with Gasteiger partial charge >= 0.3 is 0 Å². The van der Waals surface area contributed by atoms with Crippen LogP contribution in [0.5, 0.6) is 5.75 Å². The molecule has 16 heavy (non-hydrogen) atoms. The van der Waals surface area contributed by atoms with Crippen molar-refractivity contribution < 1.29 is 4.74 Å². The van der Waals surface area contributed by atoms with E-state index in [1.165, 1.54) is 5.56 Å². The van der Waals surface area contributed by atoms with Crippen LogP contribution in [-0.4, -0.2) is 13.2 Å². The van der Waals surface area contributed by atoms with Crippen LogP contribution in [0.15, 0.2) is 16.6 Å². The molecule has 1 atom stereocenters. The molecule has 0 heterocycles. The van der Waals surface area contributed by atoms with Crippen LogP contribution in [0.4, 0.5) is 0 Å². The second kappa shape index (κ2) is 4.21. The van der Waals surface area contributed by atoms with Gasteiger partial charge in [0, 0.05) is 16.5 Å². The number of hydrogen-bond acceptors (Lipinski definition) is 2. The molecule has 1 aromatic carbocycles. The SMILES string of the molecule is COc1cc(Cl)cc(C2(C(C)N)CC2)c1Br. The Morgan fingerprint density at radius 2 is 2.12 bits per heavy atom. The molecule has 1 unspecified atom stereocenters. The van der Waals surface area contributed by atoms with E-state index in [1.54, 1.807) is 7.11 Å². The molecule has 88 valence electrons. The van der Waals surface area contributed by atoms with Gasteiger partial charge < -0.3 is 10.5 Å². The highest BCUT2D eigenvalue weighted by molar-refractivity contribution is 9.10. The molecule has 0 aromatic heterocycles. The molecular weight excluding hydrogens is 289 g/mol.